The second-order valence-electron chi connectivity index (χ2n) is 1.68. The fourth-order valence-corrected chi connectivity index (χ4v) is 2.35. The van der Waals surface area contributed by atoms with Gasteiger partial charge in [-0.15, -0.1) is 11.3 Å². The van der Waals surface area contributed by atoms with Gasteiger partial charge < -0.3 is 5.32 Å². The van der Waals surface area contributed by atoms with Gasteiger partial charge in [-0.2, -0.15) is 0 Å². The molecule has 0 saturated heterocycles. The van der Waals surface area contributed by atoms with Crippen molar-refractivity contribution < 1.29 is 4.79 Å². The number of halogens is 1. The van der Waals surface area contributed by atoms with Crippen molar-refractivity contribution in [2.24, 2.45) is 0 Å². The van der Waals surface area contributed by atoms with Crippen molar-refractivity contribution in [2.75, 3.05) is 7.05 Å². The normalized spacial score (nSPS) is 9.40. The molecule has 0 unspecified atom stereocenters. The molecule has 10 heavy (non-hydrogen) atoms. The lowest BCUT2D eigenvalue weighted by Gasteiger charge is -1.93. The lowest BCUT2D eigenvalue weighted by atomic mass is 10.4. The standard InChI is InChI=1S/C6H6INOS/c1-8-6(9)5-4(7)2-3-10-5/h2-3H,1H3,(H,8,9). The number of carbonyl (C=O) groups excluding carboxylic acids is 1. The van der Waals surface area contributed by atoms with Gasteiger partial charge in [-0.05, 0) is 34.0 Å². The van der Waals surface area contributed by atoms with Gasteiger partial charge in [0, 0.05) is 10.6 Å². The number of carbonyl (C=O) groups is 1. The monoisotopic (exact) mass is 267 g/mol. The molecule has 0 aliphatic heterocycles. The summed E-state index contributed by atoms with van der Waals surface area (Å²) in [5.74, 6) is -0.000556. The number of rotatable bonds is 1. The zero-order valence-electron chi connectivity index (χ0n) is 5.35. The lowest BCUT2D eigenvalue weighted by Crippen LogP contribution is -2.17. The van der Waals surface area contributed by atoms with Gasteiger partial charge >= 0.3 is 0 Å². The maximum absolute atomic E-state index is 11.0. The topological polar surface area (TPSA) is 29.1 Å². The van der Waals surface area contributed by atoms with E-state index in [2.05, 4.69) is 27.9 Å². The van der Waals surface area contributed by atoms with Gasteiger partial charge in [-0.1, -0.05) is 0 Å². The minimum absolute atomic E-state index is 0.000556. The number of hydrogen-bond acceptors (Lipinski definition) is 2. The van der Waals surface area contributed by atoms with Gasteiger partial charge in [0.05, 0.1) is 0 Å². The maximum atomic E-state index is 11.0. The molecular weight excluding hydrogens is 261 g/mol. The Morgan fingerprint density at radius 3 is 2.90 bits per heavy atom. The minimum atomic E-state index is -0.000556. The Balaban J connectivity index is 2.93. The van der Waals surface area contributed by atoms with Crippen molar-refractivity contribution in [2.45, 2.75) is 0 Å². The third kappa shape index (κ3) is 1.49. The number of amides is 1. The fraction of sp³-hybridized carbons (Fsp3) is 0.167. The molecule has 0 saturated carbocycles. The number of nitrogens with one attached hydrogen (secondary N) is 1. The Hall–Kier alpha value is -0.100. The van der Waals surface area contributed by atoms with Crippen LogP contribution in [0.5, 0.6) is 0 Å². The molecule has 1 N–H and O–H groups in total. The van der Waals surface area contributed by atoms with E-state index in [9.17, 15) is 4.79 Å². The molecular formula is C6H6INOS. The summed E-state index contributed by atoms with van der Waals surface area (Å²) < 4.78 is 1.02. The van der Waals surface area contributed by atoms with E-state index < -0.39 is 0 Å². The molecule has 0 aromatic carbocycles. The summed E-state index contributed by atoms with van der Waals surface area (Å²) in [5, 5.41) is 4.48. The Labute approximate surface area is 76.8 Å². The predicted molar refractivity (Wildman–Crippen MR) is 50.4 cm³/mol. The molecule has 54 valence electrons. The molecule has 0 radical (unpaired) electrons. The van der Waals surface area contributed by atoms with Crippen LogP contribution in [0.25, 0.3) is 0 Å². The van der Waals surface area contributed by atoms with Crippen molar-refractivity contribution in [3.63, 3.8) is 0 Å². The average molecular weight is 267 g/mol. The highest BCUT2D eigenvalue weighted by Gasteiger charge is 2.07. The first-order valence-electron chi connectivity index (χ1n) is 2.70. The first kappa shape index (κ1) is 8.00. The van der Waals surface area contributed by atoms with Crippen LogP contribution in [0.2, 0.25) is 0 Å². The summed E-state index contributed by atoms with van der Waals surface area (Å²) in [5.41, 5.74) is 0. The highest BCUT2D eigenvalue weighted by Crippen LogP contribution is 2.17. The minimum Gasteiger partial charge on any atom is -0.354 e. The molecule has 0 fully saturated rings. The van der Waals surface area contributed by atoms with E-state index in [0.29, 0.717) is 0 Å². The molecule has 1 aromatic heterocycles. The zero-order valence-corrected chi connectivity index (χ0v) is 8.32. The average Bonchev–Trinajstić information content (AvgIpc) is 2.34. The lowest BCUT2D eigenvalue weighted by molar-refractivity contribution is 0.0966. The van der Waals surface area contributed by atoms with Crippen LogP contribution in [0, 0.1) is 3.57 Å². The number of hydrogen-bond donors (Lipinski definition) is 1. The molecule has 1 amide bonds. The van der Waals surface area contributed by atoms with Crippen LogP contribution in [0.1, 0.15) is 9.67 Å². The SMILES string of the molecule is CNC(=O)c1sccc1I. The van der Waals surface area contributed by atoms with Crippen LogP contribution in [0.3, 0.4) is 0 Å². The van der Waals surface area contributed by atoms with E-state index in [1.54, 1.807) is 7.05 Å². The third-order valence-electron chi connectivity index (χ3n) is 1.05. The molecule has 0 aliphatic rings. The molecule has 0 aliphatic carbocycles. The van der Waals surface area contributed by atoms with E-state index in [4.69, 9.17) is 0 Å². The quantitative estimate of drug-likeness (QED) is 0.771. The van der Waals surface area contributed by atoms with Crippen molar-refractivity contribution in [3.8, 4) is 0 Å². The second kappa shape index (κ2) is 3.34. The molecule has 1 heterocycles. The van der Waals surface area contributed by atoms with Crippen molar-refractivity contribution in [3.05, 3.63) is 19.9 Å². The molecule has 4 heteroatoms. The van der Waals surface area contributed by atoms with Gasteiger partial charge in [-0.3, -0.25) is 4.79 Å². The first-order valence-corrected chi connectivity index (χ1v) is 4.66. The number of thiophene rings is 1. The van der Waals surface area contributed by atoms with E-state index in [0.717, 1.165) is 8.45 Å². The van der Waals surface area contributed by atoms with E-state index in [-0.39, 0.29) is 5.91 Å². The Morgan fingerprint density at radius 1 is 1.80 bits per heavy atom. The van der Waals surface area contributed by atoms with Crippen LogP contribution in [-0.4, -0.2) is 13.0 Å². The van der Waals surface area contributed by atoms with E-state index >= 15 is 0 Å². The summed E-state index contributed by atoms with van der Waals surface area (Å²) >= 11 is 3.61. The molecule has 0 bridgehead atoms. The first-order chi connectivity index (χ1) is 4.75. The van der Waals surface area contributed by atoms with Crippen LogP contribution in [-0.2, 0) is 0 Å². The largest absolute Gasteiger partial charge is 0.354 e. The zero-order chi connectivity index (χ0) is 7.56. The summed E-state index contributed by atoms with van der Waals surface area (Å²) in [7, 11) is 1.64. The Kier molecular flexibility index (Phi) is 2.67. The van der Waals surface area contributed by atoms with Crippen molar-refractivity contribution in [1.29, 1.82) is 0 Å². The van der Waals surface area contributed by atoms with Crippen LogP contribution in [0.15, 0.2) is 11.4 Å². The second-order valence-corrected chi connectivity index (χ2v) is 3.76. The molecule has 1 rings (SSSR count). The molecule has 0 spiro atoms. The van der Waals surface area contributed by atoms with Crippen LogP contribution < -0.4 is 5.32 Å². The van der Waals surface area contributed by atoms with E-state index in [1.807, 2.05) is 11.4 Å². The van der Waals surface area contributed by atoms with E-state index in [1.165, 1.54) is 11.3 Å². The smallest absolute Gasteiger partial charge is 0.262 e. The van der Waals surface area contributed by atoms with Gasteiger partial charge in [0.2, 0.25) is 0 Å². The summed E-state index contributed by atoms with van der Waals surface area (Å²) in [6.07, 6.45) is 0. The van der Waals surface area contributed by atoms with Crippen LogP contribution >= 0.6 is 33.9 Å². The molecule has 1 aromatic rings. The molecule has 0 atom stereocenters. The highest BCUT2D eigenvalue weighted by molar-refractivity contribution is 14.1. The van der Waals surface area contributed by atoms with Crippen molar-refractivity contribution in [1.82, 2.24) is 5.32 Å². The Bertz CT molecular complexity index is 246. The van der Waals surface area contributed by atoms with Crippen molar-refractivity contribution >= 4 is 39.8 Å². The summed E-state index contributed by atoms with van der Waals surface area (Å²) in [4.78, 5) is 11.8. The van der Waals surface area contributed by atoms with Gasteiger partial charge in [0.1, 0.15) is 4.88 Å². The molecule has 2 nitrogen and oxygen atoms in total. The fourth-order valence-electron chi connectivity index (χ4n) is 0.569. The van der Waals surface area contributed by atoms with Crippen LogP contribution in [0.4, 0.5) is 0 Å². The predicted octanol–water partition coefficient (Wildman–Crippen LogP) is 1.71. The van der Waals surface area contributed by atoms with Gasteiger partial charge in [-0.25, -0.2) is 0 Å². The Morgan fingerprint density at radius 2 is 2.50 bits per heavy atom. The van der Waals surface area contributed by atoms with Gasteiger partial charge in [0.15, 0.2) is 0 Å². The summed E-state index contributed by atoms with van der Waals surface area (Å²) in [6.45, 7) is 0. The highest BCUT2D eigenvalue weighted by atomic mass is 127. The summed E-state index contributed by atoms with van der Waals surface area (Å²) in [6, 6.07) is 1.93. The maximum Gasteiger partial charge on any atom is 0.262 e. The van der Waals surface area contributed by atoms with Gasteiger partial charge in [0.25, 0.3) is 5.91 Å². The third-order valence-corrected chi connectivity index (χ3v) is 3.23.